The molecule has 0 aliphatic heterocycles. The average molecular weight is 279 g/mol. The van der Waals surface area contributed by atoms with Crippen molar-refractivity contribution in [3.05, 3.63) is 58.1 Å². The van der Waals surface area contributed by atoms with E-state index < -0.39 is 11.6 Å². The minimum Gasteiger partial charge on any atom is -0.352 e. The Kier molecular flexibility index (Phi) is 3.68. The van der Waals surface area contributed by atoms with Crippen LogP contribution >= 0.6 is 11.6 Å². The molecule has 0 fully saturated rings. The second-order valence-electron chi connectivity index (χ2n) is 3.98. The fourth-order valence-electron chi connectivity index (χ4n) is 1.63. The van der Waals surface area contributed by atoms with Crippen LogP contribution in [0.5, 0.6) is 0 Å². The first-order valence-electron chi connectivity index (χ1n) is 5.44. The zero-order valence-electron chi connectivity index (χ0n) is 9.97. The minimum atomic E-state index is -0.595. The van der Waals surface area contributed by atoms with Crippen LogP contribution in [0.25, 0.3) is 0 Å². The monoisotopic (exact) mass is 278 g/mol. The third kappa shape index (κ3) is 2.67. The molecule has 0 aromatic heterocycles. The van der Waals surface area contributed by atoms with Gasteiger partial charge in [0.15, 0.2) is 0 Å². The number of rotatable bonds is 2. The Balaban J connectivity index is 2.45. The zero-order valence-corrected chi connectivity index (χ0v) is 10.7. The lowest BCUT2D eigenvalue weighted by Crippen LogP contribution is -1.98. The van der Waals surface area contributed by atoms with Crippen LogP contribution in [0, 0.1) is 29.9 Å². The zero-order chi connectivity index (χ0) is 14.0. The molecule has 0 bridgehead atoms. The van der Waals surface area contributed by atoms with Crippen LogP contribution in [-0.2, 0) is 0 Å². The lowest BCUT2D eigenvalue weighted by atomic mass is 10.1. The molecule has 0 aliphatic carbocycles. The standard InChI is InChI=1S/C14H9ClF2N2/c1-8-5-12(17)14(6-11(8)16)19-13-4-2-3-10(15)9(13)7-18/h2-6,19H,1H3. The number of hydrogen-bond acceptors (Lipinski definition) is 2. The van der Waals surface area contributed by atoms with Crippen molar-refractivity contribution >= 4 is 23.0 Å². The Morgan fingerprint density at radius 1 is 1.16 bits per heavy atom. The summed E-state index contributed by atoms with van der Waals surface area (Å²) in [6, 6.07) is 8.80. The molecule has 0 radical (unpaired) electrons. The molecule has 1 N–H and O–H groups in total. The molecule has 5 heteroatoms. The smallest absolute Gasteiger partial charge is 0.147 e. The largest absolute Gasteiger partial charge is 0.352 e. The highest BCUT2D eigenvalue weighted by atomic mass is 35.5. The highest BCUT2D eigenvalue weighted by Crippen LogP contribution is 2.28. The summed E-state index contributed by atoms with van der Waals surface area (Å²) in [4.78, 5) is 0. The summed E-state index contributed by atoms with van der Waals surface area (Å²) in [5.41, 5.74) is 0.693. The van der Waals surface area contributed by atoms with E-state index in [0.29, 0.717) is 5.69 Å². The highest BCUT2D eigenvalue weighted by Gasteiger charge is 2.11. The predicted molar refractivity (Wildman–Crippen MR) is 70.5 cm³/mol. The second-order valence-corrected chi connectivity index (χ2v) is 4.39. The van der Waals surface area contributed by atoms with Gasteiger partial charge in [0.05, 0.1) is 22.0 Å². The molecule has 0 atom stereocenters. The number of aryl methyl sites for hydroxylation is 1. The molecule has 0 unspecified atom stereocenters. The Labute approximate surface area is 114 Å². The summed E-state index contributed by atoms with van der Waals surface area (Å²) < 4.78 is 27.1. The van der Waals surface area contributed by atoms with Gasteiger partial charge in [-0.2, -0.15) is 5.26 Å². The molecular weight excluding hydrogens is 270 g/mol. The molecule has 0 saturated heterocycles. The van der Waals surface area contributed by atoms with Crippen molar-refractivity contribution < 1.29 is 8.78 Å². The van der Waals surface area contributed by atoms with E-state index in [0.717, 1.165) is 12.1 Å². The van der Waals surface area contributed by atoms with Crippen LogP contribution in [0.4, 0.5) is 20.2 Å². The molecule has 2 aromatic carbocycles. The van der Waals surface area contributed by atoms with Crippen molar-refractivity contribution in [3.63, 3.8) is 0 Å². The molecule has 96 valence electrons. The maximum absolute atomic E-state index is 13.7. The van der Waals surface area contributed by atoms with Crippen molar-refractivity contribution in [1.29, 1.82) is 5.26 Å². The first kappa shape index (κ1) is 13.3. The molecule has 19 heavy (non-hydrogen) atoms. The summed E-state index contributed by atoms with van der Waals surface area (Å²) in [6.45, 7) is 1.47. The Hall–Kier alpha value is -2.12. The maximum Gasteiger partial charge on any atom is 0.147 e. The maximum atomic E-state index is 13.7. The van der Waals surface area contributed by atoms with Crippen molar-refractivity contribution in [2.75, 3.05) is 5.32 Å². The van der Waals surface area contributed by atoms with E-state index >= 15 is 0 Å². The highest BCUT2D eigenvalue weighted by molar-refractivity contribution is 6.32. The van der Waals surface area contributed by atoms with Crippen LogP contribution in [0.15, 0.2) is 30.3 Å². The van der Waals surface area contributed by atoms with Crippen molar-refractivity contribution in [2.24, 2.45) is 0 Å². The van der Waals surface area contributed by atoms with Crippen LogP contribution in [0.2, 0.25) is 5.02 Å². The fraction of sp³-hybridized carbons (Fsp3) is 0.0714. The van der Waals surface area contributed by atoms with Gasteiger partial charge < -0.3 is 5.32 Å². The van der Waals surface area contributed by atoms with Gasteiger partial charge in [0, 0.05) is 6.07 Å². The van der Waals surface area contributed by atoms with Crippen LogP contribution in [-0.4, -0.2) is 0 Å². The lowest BCUT2D eigenvalue weighted by Gasteiger charge is -2.11. The topological polar surface area (TPSA) is 35.8 Å². The lowest BCUT2D eigenvalue weighted by molar-refractivity contribution is 0.595. The second kappa shape index (κ2) is 5.25. The minimum absolute atomic E-state index is 0.0399. The predicted octanol–water partition coefficient (Wildman–Crippen LogP) is 4.54. The van der Waals surface area contributed by atoms with Gasteiger partial charge in [0.25, 0.3) is 0 Å². The quantitative estimate of drug-likeness (QED) is 0.875. The molecule has 2 rings (SSSR count). The Morgan fingerprint density at radius 3 is 2.58 bits per heavy atom. The number of nitrogens with zero attached hydrogens (tertiary/aromatic N) is 1. The normalized spacial score (nSPS) is 10.1. The van der Waals surface area contributed by atoms with E-state index in [2.05, 4.69) is 5.32 Å². The summed E-state index contributed by atoms with van der Waals surface area (Å²) >= 11 is 5.86. The number of benzene rings is 2. The van der Waals surface area contributed by atoms with E-state index in [1.54, 1.807) is 18.2 Å². The molecule has 0 amide bonds. The number of nitriles is 1. The van der Waals surface area contributed by atoms with Crippen LogP contribution < -0.4 is 5.32 Å². The number of halogens is 3. The first-order chi connectivity index (χ1) is 9.02. The average Bonchev–Trinajstić information content (AvgIpc) is 2.36. The summed E-state index contributed by atoms with van der Waals surface area (Å²) in [7, 11) is 0. The van der Waals surface area contributed by atoms with Crippen molar-refractivity contribution in [2.45, 2.75) is 6.92 Å². The van der Waals surface area contributed by atoms with Crippen molar-refractivity contribution in [3.8, 4) is 6.07 Å². The summed E-state index contributed by atoms with van der Waals surface area (Å²) in [5, 5.41) is 11.9. The molecule has 2 aromatic rings. The van der Waals surface area contributed by atoms with Gasteiger partial charge in [0.1, 0.15) is 17.7 Å². The molecule has 0 aliphatic rings. The molecule has 2 nitrogen and oxygen atoms in total. The third-order valence-electron chi connectivity index (χ3n) is 2.64. The van der Waals surface area contributed by atoms with E-state index in [-0.39, 0.29) is 21.8 Å². The summed E-state index contributed by atoms with van der Waals surface area (Å²) in [6.07, 6.45) is 0. The van der Waals surface area contributed by atoms with Gasteiger partial charge in [-0.25, -0.2) is 8.78 Å². The molecule has 0 saturated carbocycles. The van der Waals surface area contributed by atoms with Crippen LogP contribution in [0.3, 0.4) is 0 Å². The first-order valence-corrected chi connectivity index (χ1v) is 5.82. The van der Waals surface area contributed by atoms with Gasteiger partial charge >= 0.3 is 0 Å². The van der Waals surface area contributed by atoms with E-state index in [9.17, 15) is 8.78 Å². The van der Waals surface area contributed by atoms with Gasteiger partial charge in [-0.3, -0.25) is 0 Å². The van der Waals surface area contributed by atoms with E-state index in [1.165, 1.54) is 6.92 Å². The van der Waals surface area contributed by atoms with Gasteiger partial charge in [-0.1, -0.05) is 17.7 Å². The van der Waals surface area contributed by atoms with Gasteiger partial charge in [-0.05, 0) is 30.7 Å². The summed E-state index contributed by atoms with van der Waals surface area (Å²) in [5.74, 6) is -1.12. The van der Waals surface area contributed by atoms with E-state index in [4.69, 9.17) is 16.9 Å². The Bertz CT molecular complexity index is 678. The number of nitrogens with one attached hydrogen (secondary N) is 1. The van der Waals surface area contributed by atoms with E-state index in [1.807, 2.05) is 6.07 Å². The molecule has 0 heterocycles. The fourth-order valence-corrected chi connectivity index (χ4v) is 1.85. The van der Waals surface area contributed by atoms with Gasteiger partial charge in [-0.15, -0.1) is 0 Å². The van der Waals surface area contributed by atoms with Gasteiger partial charge in [0.2, 0.25) is 0 Å². The number of anilines is 2. The number of hydrogen-bond donors (Lipinski definition) is 1. The molecule has 0 spiro atoms. The third-order valence-corrected chi connectivity index (χ3v) is 2.96. The van der Waals surface area contributed by atoms with Crippen LogP contribution in [0.1, 0.15) is 11.1 Å². The SMILES string of the molecule is Cc1cc(F)c(Nc2cccc(Cl)c2C#N)cc1F. The molecular formula is C14H9ClF2N2. The van der Waals surface area contributed by atoms with Crippen molar-refractivity contribution in [1.82, 2.24) is 0 Å². The Morgan fingerprint density at radius 2 is 1.89 bits per heavy atom.